The van der Waals surface area contributed by atoms with E-state index in [4.69, 9.17) is 14.6 Å². The lowest BCUT2D eigenvalue weighted by Gasteiger charge is -2.11. The maximum atomic E-state index is 13.5. The van der Waals surface area contributed by atoms with Gasteiger partial charge in [-0.2, -0.15) is 0 Å². The third-order valence-corrected chi connectivity index (χ3v) is 2.38. The van der Waals surface area contributed by atoms with Crippen LogP contribution in [0.5, 0.6) is 5.75 Å². The summed E-state index contributed by atoms with van der Waals surface area (Å²) in [4.78, 5) is 0. The van der Waals surface area contributed by atoms with Crippen LogP contribution in [-0.2, 0) is 17.8 Å². The molecule has 0 saturated heterocycles. The number of ether oxygens (including phenoxy) is 2. The minimum absolute atomic E-state index is 0.0973. The number of rotatable bonds is 6. The number of methoxy groups -OCH3 is 2. The molecule has 1 rings (SSSR count). The molecule has 0 amide bonds. The van der Waals surface area contributed by atoms with E-state index >= 15 is 0 Å². The number of aliphatic hydroxyl groups is 1. The molecule has 0 fully saturated rings. The summed E-state index contributed by atoms with van der Waals surface area (Å²) in [7, 11) is 3.02. The van der Waals surface area contributed by atoms with Crippen molar-refractivity contribution in [3.63, 3.8) is 0 Å². The molecule has 16 heavy (non-hydrogen) atoms. The third kappa shape index (κ3) is 3.18. The Labute approximate surface area is 94.8 Å². The molecule has 0 spiro atoms. The van der Waals surface area contributed by atoms with Crippen LogP contribution < -0.4 is 4.74 Å². The maximum absolute atomic E-state index is 13.5. The minimum atomic E-state index is -0.379. The van der Waals surface area contributed by atoms with Crippen molar-refractivity contribution in [3.8, 4) is 5.75 Å². The second-order valence-electron chi connectivity index (χ2n) is 3.52. The van der Waals surface area contributed by atoms with Crippen molar-refractivity contribution in [1.82, 2.24) is 0 Å². The molecule has 0 unspecified atom stereocenters. The monoisotopic (exact) mass is 228 g/mol. The molecule has 0 atom stereocenters. The van der Waals surface area contributed by atoms with Gasteiger partial charge in [-0.25, -0.2) is 4.39 Å². The van der Waals surface area contributed by atoms with E-state index in [1.54, 1.807) is 13.2 Å². The molecular formula is C12H17FO3. The van der Waals surface area contributed by atoms with Gasteiger partial charge in [0.05, 0.1) is 13.7 Å². The summed E-state index contributed by atoms with van der Waals surface area (Å²) in [5, 5.41) is 8.77. The fraction of sp³-hybridized carbons (Fsp3) is 0.500. The van der Waals surface area contributed by atoms with Crippen LogP contribution in [0, 0.1) is 5.82 Å². The van der Waals surface area contributed by atoms with E-state index < -0.39 is 0 Å². The predicted octanol–water partition coefficient (Wildman–Crippen LogP) is 1.91. The van der Waals surface area contributed by atoms with Crippen LogP contribution in [-0.4, -0.2) is 25.9 Å². The summed E-state index contributed by atoms with van der Waals surface area (Å²) in [6, 6.07) is 3.09. The van der Waals surface area contributed by atoms with E-state index in [2.05, 4.69) is 0 Å². The number of aryl methyl sites for hydroxylation is 1. The number of aliphatic hydroxyl groups excluding tert-OH is 1. The lowest BCUT2D eigenvalue weighted by Crippen LogP contribution is -2.01. The van der Waals surface area contributed by atoms with E-state index in [-0.39, 0.29) is 18.2 Å². The van der Waals surface area contributed by atoms with Gasteiger partial charge in [-0.3, -0.25) is 0 Å². The topological polar surface area (TPSA) is 38.7 Å². The van der Waals surface area contributed by atoms with Crippen LogP contribution in [0.15, 0.2) is 12.1 Å². The second kappa shape index (κ2) is 6.45. The van der Waals surface area contributed by atoms with Gasteiger partial charge in [-0.1, -0.05) is 0 Å². The maximum Gasteiger partial charge on any atom is 0.165 e. The van der Waals surface area contributed by atoms with Gasteiger partial charge in [0, 0.05) is 13.7 Å². The summed E-state index contributed by atoms with van der Waals surface area (Å²) in [5.74, 6) is -0.157. The van der Waals surface area contributed by atoms with Crippen molar-refractivity contribution in [1.29, 1.82) is 0 Å². The summed E-state index contributed by atoms with van der Waals surface area (Å²) in [5.41, 5.74) is 1.75. The largest absolute Gasteiger partial charge is 0.494 e. The van der Waals surface area contributed by atoms with Crippen molar-refractivity contribution < 1.29 is 19.0 Å². The van der Waals surface area contributed by atoms with Crippen molar-refractivity contribution in [2.24, 2.45) is 0 Å². The molecule has 4 heteroatoms. The molecule has 0 radical (unpaired) electrons. The summed E-state index contributed by atoms with van der Waals surface area (Å²) in [6.45, 7) is 0.511. The van der Waals surface area contributed by atoms with Gasteiger partial charge in [0.2, 0.25) is 0 Å². The zero-order chi connectivity index (χ0) is 12.0. The van der Waals surface area contributed by atoms with Crippen molar-refractivity contribution in [3.05, 3.63) is 29.1 Å². The van der Waals surface area contributed by atoms with Crippen molar-refractivity contribution in [2.75, 3.05) is 20.8 Å². The molecule has 0 heterocycles. The Morgan fingerprint density at radius 3 is 2.56 bits per heavy atom. The highest BCUT2D eigenvalue weighted by Gasteiger charge is 2.10. The van der Waals surface area contributed by atoms with Crippen LogP contribution >= 0.6 is 0 Å². The summed E-state index contributed by atoms with van der Waals surface area (Å²) in [6.07, 6.45) is 1.25. The van der Waals surface area contributed by atoms with E-state index in [1.165, 1.54) is 13.2 Å². The Kier molecular flexibility index (Phi) is 5.22. The van der Waals surface area contributed by atoms with Gasteiger partial charge in [0.1, 0.15) is 0 Å². The van der Waals surface area contributed by atoms with Gasteiger partial charge < -0.3 is 14.6 Å². The Hall–Kier alpha value is -1.13. The molecule has 1 aromatic carbocycles. The Balaban J connectivity index is 2.98. The molecule has 90 valence electrons. The molecule has 0 aliphatic heterocycles. The number of benzene rings is 1. The lowest BCUT2D eigenvalue weighted by atomic mass is 10.0. The first-order chi connectivity index (χ1) is 7.72. The van der Waals surface area contributed by atoms with Crippen LogP contribution in [0.25, 0.3) is 0 Å². The molecule has 0 bridgehead atoms. The number of halogens is 1. The van der Waals surface area contributed by atoms with Crippen molar-refractivity contribution in [2.45, 2.75) is 19.4 Å². The smallest absolute Gasteiger partial charge is 0.165 e. The highest BCUT2D eigenvalue weighted by atomic mass is 19.1. The van der Waals surface area contributed by atoms with Gasteiger partial charge in [-0.05, 0) is 36.1 Å². The number of hydrogen-bond donors (Lipinski definition) is 1. The van der Waals surface area contributed by atoms with E-state index in [0.717, 1.165) is 11.1 Å². The van der Waals surface area contributed by atoms with Gasteiger partial charge >= 0.3 is 0 Å². The lowest BCUT2D eigenvalue weighted by molar-refractivity contribution is 0.183. The average Bonchev–Trinajstić information content (AvgIpc) is 2.29. The quantitative estimate of drug-likeness (QED) is 0.808. The van der Waals surface area contributed by atoms with Crippen LogP contribution in [0.2, 0.25) is 0 Å². The zero-order valence-corrected chi connectivity index (χ0v) is 9.62. The summed E-state index contributed by atoms with van der Waals surface area (Å²) < 4.78 is 23.4. The van der Waals surface area contributed by atoms with Crippen LogP contribution in [0.4, 0.5) is 4.39 Å². The first-order valence-electron chi connectivity index (χ1n) is 5.18. The third-order valence-electron chi connectivity index (χ3n) is 2.38. The summed E-state index contributed by atoms with van der Waals surface area (Å²) >= 11 is 0. The molecule has 1 N–H and O–H groups in total. The van der Waals surface area contributed by atoms with Gasteiger partial charge in [0.25, 0.3) is 0 Å². The van der Waals surface area contributed by atoms with Gasteiger partial charge in [0.15, 0.2) is 11.6 Å². The molecule has 0 saturated carbocycles. The molecular weight excluding hydrogens is 211 g/mol. The molecule has 0 aliphatic rings. The second-order valence-corrected chi connectivity index (χ2v) is 3.52. The fourth-order valence-corrected chi connectivity index (χ4v) is 1.59. The molecule has 3 nitrogen and oxygen atoms in total. The van der Waals surface area contributed by atoms with Gasteiger partial charge in [-0.15, -0.1) is 0 Å². The normalized spacial score (nSPS) is 10.5. The van der Waals surface area contributed by atoms with Crippen LogP contribution in [0.3, 0.4) is 0 Å². The van der Waals surface area contributed by atoms with E-state index in [9.17, 15) is 4.39 Å². The van der Waals surface area contributed by atoms with Crippen molar-refractivity contribution >= 4 is 0 Å². The average molecular weight is 228 g/mol. The predicted molar refractivity (Wildman–Crippen MR) is 59.1 cm³/mol. The Bertz CT molecular complexity index is 339. The Morgan fingerprint density at radius 1 is 1.25 bits per heavy atom. The molecule has 0 aliphatic carbocycles. The highest BCUT2D eigenvalue weighted by Crippen LogP contribution is 2.23. The van der Waals surface area contributed by atoms with E-state index in [0.29, 0.717) is 19.4 Å². The fourth-order valence-electron chi connectivity index (χ4n) is 1.59. The highest BCUT2D eigenvalue weighted by molar-refractivity contribution is 5.37. The SMILES string of the molecule is COCc1cc(OC)c(F)cc1CCCO. The van der Waals surface area contributed by atoms with E-state index in [1.807, 2.05) is 0 Å². The zero-order valence-electron chi connectivity index (χ0n) is 9.62. The minimum Gasteiger partial charge on any atom is -0.494 e. The first-order valence-corrected chi connectivity index (χ1v) is 5.18. The first kappa shape index (κ1) is 12.9. The molecule has 0 aromatic heterocycles. The number of hydrogen-bond acceptors (Lipinski definition) is 3. The standard InChI is InChI=1S/C12H17FO3/c1-15-8-10-7-12(16-2)11(13)6-9(10)4-3-5-14/h6-7,14H,3-5,8H2,1-2H3. The molecule has 1 aromatic rings. The Morgan fingerprint density at radius 2 is 2.00 bits per heavy atom. The van der Waals surface area contributed by atoms with Crippen LogP contribution in [0.1, 0.15) is 17.5 Å².